The molecule has 2 saturated carbocycles. The summed E-state index contributed by atoms with van der Waals surface area (Å²) in [6, 6.07) is 0. The van der Waals surface area contributed by atoms with Gasteiger partial charge in [0.25, 0.3) is 0 Å². The number of ether oxygens (including phenoxy) is 7. The van der Waals surface area contributed by atoms with Gasteiger partial charge in [-0.15, -0.1) is 0 Å². The highest BCUT2D eigenvalue weighted by Gasteiger charge is 2.55. The highest BCUT2D eigenvalue weighted by atomic mass is 16.7. The van der Waals surface area contributed by atoms with Gasteiger partial charge >= 0.3 is 23.9 Å². The van der Waals surface area contributed by atoms with Crippen LogP contribution in [-0.4, -0.2) is 209 Å². The van der Waals surface area contributed by atoms with Gasteiger partial charge in [0.1, 0.15) is 81.0 Å². The molecule has 5 rings (SSSR count). The van der Waals surface area contributed by atoms with Crippen molar-refractivity contribution in [3.63, 3.8) is 0 Å². The van der Waals surface area contributed by atoms with Gasteiger partial charge in [-0.25, -0.2) is 0 Å². The van der Waals surface area contributed by atoms with E-state index in [1.807, 2.05) is 0 Å². The smallest absolute Gasteiger partial charge is 0.317 e. The van der Waals surface area contributed by atoms with Gasteiger partial charge in [0.05, 0.1) is 42.7 Å². The summed E-state index contributed by atoms with van der Waals surface area (Å²) in [6.07, 6.45) is -29.5. The number of aliphatic hydroxyl groups is 10. The van der Waals surface area contributed by atoms with Gasteiger partial charge in [0.2, 0.25) is 0 Å². The third-order valence-corrected chi connectivity index (χ3v) is 10.9. The lowest BCUT2D eigenvalue weighted by molar-refractivity contribution is -0.345. The average Bonchev–Trinajstić information content (AvgIpc) is 3.12. The van der Waals surface area contributed by atoms with Crippen LogP contribution in [-0.2, 0) is 52.3 Å². The molecule has 2 aliphatic carbocycles. The van der Waals surface area contributed by atoms with Crippen molar-refractivity contribution >= 4 is 23.9 Å². The molecular weight excluding hydrogens is 764 g/mol. The van der Waals surface area contributed by atoms with Crippen LogP contribution < -0.4 is 0 Å². The number of carboxylic acid groups (broad SMARTS) is 2. The summed E-state index contributed by atoms with van der Waals surface area (Å²) in [5.74, 6) is -6.79. The summed E-state index contributed by atoms with van der Waals surface area (Å²) in [7, 11) is 0. The van der Waals surface area contributed by atoms with Gasteiger partial charge < -0.3 is 94.4 Å². The van der Waals surface area contributed by atoms with Crippen LogP contribution in [0.4, 0.5) is 0 Å². The van der Waals surface area contributed by atoms with E-state index in [4.69, 9.17) is 43.4 Å². The summed E-state index contributed by atoms with van der Waals surface area (Å²) in [6.45, 7) is -1.47. The molecule has 56 heavy (non-hydrogen) atoms. The first-order valence-corrected chi connectivity index (χ1v) is 18.2. The van der Waals surface area contributed by atoms with E-state index in [9.17, 15) is 70.2 Å². The molecule has 3 aliphatic heterocycles. The topological polar surface area (TPSA) is 376 Å². The quantitative estimate of drug-likeness (QED) is 0.0608. The molecule has 0 aromatic carbocycles. The number of hydrogen-bond donors (Lipinski definition) is 12. The van der Waals surface area contributed by atoms with E-state index in [0.717, 1.165) is 0 Å². The number of carbonyl (C=O) groups is 4. The number of carboxylic acids is 2. The first-order valence-electron chi connectivity index (χ1n) is 18.2. The molecular formula is C33H50O23. The summed E-state index contributed by atoms with van der Waals surface area (Å²) in [4.78, 5) is 45.4. The Balaban J connectivity index is 1.36. The van der Waals surface area contributed by atoms with E-state index in [0.29, 0.717) is 0 Å². The molecule has 3 saturated heterocycles. The summed E-state index contributed by atoms with van der Waals surface area (Å²) < 4.78 is 39.8. The fourth-order valence-corrected chi connectivity index (χ4v) is 7.97. The maximum atomic E-state index is 11.9. The number of aliphatic carboxylic acids is 2. The summed E-state index contributed by atoms with van der Waals surface area (Å²) in [5.41, 5.74) is 0. The van der Waals surface area contributed by atoms with Gasteiger partial charge in [-0.05, 0) is 31.6 Å². The van der Waals surface area contributed by atoms with Crippen molar-refractivity contribution in [3.05, 3.63) is 0 Å². The zero-order valence-electron chi connectivity index (χ0n) is 29.8. The molecule has 18 unspecified atom stereocenters. The molecule has 3 heterocycles. The van der Waals surface area contributed by atoms with Crippen molar-refractivity contribution in [3.8, 4) is 0 Å². The van der Waals surface area contributed by atoms with Gasteiger partial charge in [0, 0.05) is 12.3 Å². The number of rotatable bonds is 13. The molecule has 18 atom stereocenters. The minimum atomic E-state index is -1.93. The molecule has 0 aromatic rings. The van der Waals surface area contributed by atoms with E-state index < -0.39 is 172 Å². The molecule has 5 fully saturated rings. The minimum absolute atomic E-state index is 0.0308. The van der Waals surface area contributed by atoms with E-state index in [1.54, 1.807) is 0 Å². The van der Waals surface area contributed by atoms with Crippen LogP contribution in [0.2, 0.25) is 0 Å². The normalized spacial score (nSPS) is 45.6. The zero-order valence-corrected chi connectivity index (χ0v) is 29.8. The monoisotopic (exact) mass is 814 g/mol. The Hall–Kier alpha value is -2.72. The fraction of sp³-hybridized carbons (Fsp3) is 0.879. The number of hydrogen-bond acceptors (Lipinski definition) is 21. The molecule has 23 nitrogen and oxygen atoms in total. The number of aliphatic hydroxyl groups excluding tert-OH is 10. The Kier molecular flexibility index (Phi) is 15.0. The Morgan fingerprint density at radius 3 is 1.45 bits per heavy atom. The molecule has 12 N–H and O–H groups in total. The first-order chi connectivity index (χ1) is 26.3. The Labute approximate surface area is 317 Å². The fourth-order valence-electron chi connectivity index (χ4n) is 7.97. The van der Waals surface area contributed by atoms with Crippen LogP contribution in [0.5, 0.6) is 0 Å². The number of carbonyl (C=O) groups excluding carboxylic acids is 2. The van der Waals surface area contributed by atoms with E-state index in [2.05, 4.69) is 0 Å². The van der Waals surface area contributed by atoms with E-state index >= 15 is 0 Å². The van der Waals surface area contributed by atoms with Crippen molar-refractivity contribution < 1.29 is 114 Å². The molecule has 23 heteroatoms. The minimum Gasteiger partial charge on any atom is -0.481 e. The second kappa shape index (κ2) is 18.9. The molecule has 0 aromatic heterocycles. The van der Waals surface area contributed by atoms with Crippen LogP contribution in [0, 0.1) is 11.8 Å². The van der Waals surface area contributed by atoms with Gasteiger partial charge in [0.15, 0.2) is 12.6 Å². The van der Waals surface area contributed by atoms with Crippen molar-refractivity contribution in [2.45, 2.75) is 155 Å². The lowest BCUT2D eigenvalue weighted by Gasteiger charge is -2.52. The zero-order chi connectivity index (χ0) is 41.2. The summed E-state index contributed by atoms with van der Waals surface area (Å²) >= 11 is 0. The van der Waals surface area contributed by atoms with Gasteiger partial charge in [-0.1, -0.05) is 0 Å². The van der Waals surface area contributed by atoms with Crippen LogP contribution in [0.15, 0.2) is 0 Å². The molecule has 0 spiro atoms. The summed E-state index contributed by atoms with van der Waals surface area (Å²) in [5, 5.41) is 124. The maximum Gasteiger partial charge on any atom is 0.317 e. The third-order valence-electron chi connectivity index (χ3n) is 10.9. The lowest BCUT2D eigenvalue weighted by Crippen LogP contribution is -2.63. The Morgan fingerprint density at radius 2 is 0.982 bits per heavy atom. The lowest BCUT2D eigenvalue weighted by atomic mass is 9.72. The largest absolute Gasteiger partial charge is 0.481 e. The predicted octanol–water partition coefficient (Wildman–Crippen LogP) is -6.17. The van der Waals surface area contributed by atoms with Crippen LogP contribution in [0.3, 0.4) is 0 Å². The highest BCUT2D eigenvalue weighted by Crippen LogP contribution is 2.45. The molecule has 5 aliphatic rings. The maximum absolute atomic E-state index is 11.9. The first kappa shape index (κ1) is 44.4. The Bertz CT molecular complexity index is 1360. The van der Waals surface area contributed by atoms with Crippen molar-refractivity contribution in [1.82, 2.24) is 0 Å². The highest BCUT2D eigenvalue weighted by molar-refractivity contribution is 5.90. The van der Waals surface area contributed by atoms with E-state index in [1.165, 1.54) is 0 Å². The van der Waals surface area contributed by atoms with Gasteiger partial charge in [-0.3, -0.25) is 19.2 Å². The van der Waals surface area contributed by atoms with Gasteiger partial charge in [-0.2, -0.15) is 0 Å². The second-order valence-electron chi connectivity index (χ2n) is 14.9. The second-order valence-corrected chi connectivity index (χ2v) is 14.9. The SMILES string of the molecule is O=C(O)CC(=O)OCC1OC(OC2CC(O)CC3OC(C4CC(O)C(O)C(O)C4)C(OC4OC(COC(=O)CC(=O)O)C(O)C(O)C4O)CC23)C(O)C(O)C1O. The molecule has 320 valence electrons. The average molecular weight is 815 g/mol. The van der Waals surface area contributed by atoms with Crippen molar-refractivity contribution in [2.75, 3.05) is 13.2 Å². The van der Waals surface area contributed by atoms with Crippen LogP contribution in [0.25, 0.3) is 0 Å². The molecule has 0 amide bonds. The number of fused-ring (bicyclic) bond motifs is 1. The van der Waals surface area contributed by atoms with E-state index in [-0.39, 0.29) is 32.1 Å². The standard InChI is InChI=1S/C33H50O23/c34-11-3-15-12(16(4-11)53-32-29(48)27(46)25(44)18(55-32)8-50-22(41)6-20(37)38)5-17(31(52-15)10-1-13(35)24(43)14(36)2-10)54-33-30(49)28(47)26(45)19(56-33)9-51-23(42)7-21(39)40/h10-19,24-36,43-49H,1-9H2,(H,37,38)(H,39,40). The Morgan fingerprint density at radius 1 is 0.518 bits per heavy atom. The van der Waals surface area contributed by atoms with Crippen LogP contribution >= 0.6 is 0 Å². The van der Waals surface area contributed by atoms with Crippen LogP contribution in [0.1, 0.15) is 44.9 Å². The van der Waals surface area contributed by atoms with Crippen molar-refractivity contribution in [2.24, 2.45) is 11.8 Å². The molecule has 0 radical (unpaired) electrons. The van der Waals surface area contributed by atoms with Crippen molar-refractivity contribution in [1.29, 1.82) is 0 Å². The predicted molar refractivity (Wildman–Crippen MR) is 172 cm³/mol. The number of esters is 2. The molecule has 0 bridgehead atoms. The third kappa shape index (κ3) is 10.5.